The van der Waals surface area contributed by atoms with Gasteiger partial charge in [-0.15, -0.1) is 0 Å². The van der Waals surface area contributed by atoms with Crippen LogP contribution in [-0.4, -0.2) is 19.2 Å². The minimum absolute atomic E-state index is 0.154. The lowest BCUT2D eigenvalue weighted by atomic mass is 10.1. The van der Waals surface area contributed by atoms with Crippen LogP contribution in [0.1, 0.15) is 17.9 Å². The summed E-state index contributed by atoms with van der Waals surface area (Å²) in [6.07, 6.45) is 2.56. The highest BCUT2D eigenvalue weighted by Gasteiger charge is 2.38. The zero-order valence-corrected chi connectivity index (χ0v) is 7.93. The van der Waals surface area contributed by atoms with Crippen molar-refractivity contribution in [1.82, 2.24) is 0 Å². The third-order valence-electron chi connectivity index (χ3n) is 2.52. The van der Waals surface area contributed by atoms with Gasteiger partial charge < -0.3 is 4.74 Å². The minimum atomic E-state index is 0.154. The van der Waals surface area contributed by atoms with Crippen LogP contribution in [0.15, 0.2) is 29.3 Å². The molecule has 0 bridgehead atoms. The SMILES string of the molecule is COc1ccc(C2CC2N=C=O)cc1. The number of ether oxygens (including phenoxy) is 1. The highest BCUT2D eigenvalue weighted by Crippen LogP contribution is 2.43. The van der Waals surface area contributed by atoms with Crippen LogP contribution >= 0.6 is 0 Å². The average Bonchev–Trinajstić information content (AvgIpc) is 2.98. The van der Waals surface area contributed by atoms with Gasteiger partial charge in [-0.1, -0.05) is 12.1 Å². The molecule has 1 aliphatic carbocycles. The van der Waals surface area contributed by atoms with Crippen molar-refractivity contribution in [3.8, 4) is 5.75 Å². The zero-order chi connectivity index (χ0) is 9.97. The Bertz CT molecular complexity index is 365. The minimum Gasteiger partial charge on any atom is -0.497 e. The van der Waals surface area contributed by atoms with E-state index in [0.717, 1.165) is 12.2 Å². The van der Waals surface area contributed by atoms with Gasteiger partial charge in [0.2, 0.25) is 6.08 Å². The summed E-state index contributed by atoms with van der Waals surface area (Å²) in [4.78, 5) is 13.7. The van der Waals surface area contributed by atoms with Gasteiger partial charge in [-0.25, -0.2) is 9.79 Å². The summed E-state index contributed by atoms with van der Waals surface area (Å²) < 4.78 is 5.06. The lowest BCUT2D eigenvalue weighted by Gasteiger charge is -2.00. The summed E-state index contributed by atoms with van der Waals surface area (Å²) in [5.74, 6) is 1.26. The van der Waals surface area contributed by atoms with E-state index in [9.17, 15) is 4.79 Å². The highest BCUT2D eigenvalue weighted by atomic mass is 16.5. The van der Waals surface area contributed by atoms with E-state index < -0.39 is 0 Å². The molecule has 1 saturated carbocycles. The first kappa shape index (κ1) is 8.97. The number of isocyanates is 1. The van der Waals surface area contributed by atoms with Gasteiger partial charge >= 0.3 is 0 Å². The van der Waals surface area contributed by atoms with Crippen LogP contribution < -0.4 is 4.74 Å². The zero-order valence-electron chi connectivity index (χ0n) is 7.93. The molecule has 0 spiro atoms. The fourth-order valence-electron chi connectivity index (χ4n) is 1.60. The largest absolute Gasteiger partial charge is 0.497 e. The number of carbonyl (C=O) groups excluding carboxylic acids is 1. The van der Waals surface area contributed by atoms with Gasteiger partial charge in [0.1, 0.15) is 5.75 Å². The van der Waals surface area contributed by atoms with Crippen molar-refractivity contribution in [1.29, 1.82) is 0 Å². The molecule has 2 rings (SSSR count). The second-order valence-electron chi connectivity index (χ2n) is 3.40. The molecule has 0 aromatic heterocycles. The van der Waals surface area contributed by atoms with E-state index in [4.69, 9.17) is 4.74 Å². The van der Waals surface area contributed by atoms with Crippen molar-refractivity contribution in [2.24, 2.45) is 4.99 Å². The number of hydrogen-bond donors (Lipinski definition) is 0. The number of hydrogen-bond acceptors (Lipinski definition) is 3. The first-order valence-electron chi connectivity index (χ1n) is 4.56. The maximum Gasteiger partial charge on any atom is 0.235 e. The van der Waals surface area contributed by atoms with Crippen LogP contribution in [-0.2, 0) is 4.79 Å². The monoisotopic (exact) mass is 189 g/mol. The van der Waals surface area contributed by atoms with E-state index >= 15 is 0 Å². The number of rotatable bonds is 3. The third kappa shape index (κ3) is 1.68. The molecule has 2 atom stereocenters. The number of nitrogens with zero attached hydrogens (tertiary/aromatic N) is 1. The second kappa shape index (κ2) is 3.64. The van der Waals surface area contributed by atoms with Crippen LogP contribution in [0.3, 0.4) is 0 Å². The van der Waals surface area contributed by atoms with Crippen molar-refractivity contribution in [3.63, 3.8) is 0 Å². The van der Waals surface area contributed by atoms with Crippen molar-refractivity contribution < 1.29 is 9.53 Å². The Hall–Kier alpha value is -1.60. The third-order valence-corrected chi connectivity index (χ3v) is 2.52. The van der Waals surface area contributed by atoms with Gasteiger partial charge in [0.05, 0.1) is 13.2 Å². The maximum atomic E-state index is 10.0. The van der Waals surface area contributed by atoms with Crippen LogP contribution in [0.25, 0.3) is 0 Å². The predicted octanol–water partition coefficient (Wildman–Crippen LogP) is 1.89. The fourth-order valence-corrected chi connectivity index (χ4v) is 1.60. The van der Waals surface area contributed by atoms with E-state index in [-0.39, 0.29) is 6.04 Å². The lowest BCUT2D eigenvalue weighted by Crippen LogP contribution is -1.86. The molecule has 0 aliphatic heterocycles. The Morgan fingerprint density at radius 1 is 1.43 bits per heavy atom. The standard InChI is InChI=1S/C11H11NO2/c1-14-9-4-2-8(3-5-9)10-6-11(10)12-7-13/h2-5,10-11H,6H2,1H3. The summed E-state index contributed by atoms with van der Waals surface area (Å²) >= 11 is 0. The topological polar surface area (TPSA) is 38.7 Å². The van der Waals surface area contributed by atoms with Gasteiger partial charge in [0, 0.05) is 5.92 Å². The van der Waals surface area contributed by atoms with Crippen molar-refractivity contribution in [2.75, 3.05) is 7.11 Å². The van der Waals surface area contributed by atoms with Gasteiger partial charge in [0.15, 0.2) is 0 Å². The molecule has 2 unspecified atom stereocenters. The summed E-state index contributed by atoms with van der Waals surface area (Å²) in [5.41, 5.74) is 1.22. The van der Waals surface area contributed by atoms with Crippen LogP contribution in [0.2, 0.25) is 0 Å². The van der Waals surface area contributed by atoms with E-state index in [1.807, 2.05) is 24.3 Å². The molecular weight excluding hydrogens is 178 g/mol. The average molecular weight is 189 g/mol. The van der Waals surface area contributed by atoms with Crippen molar-refractivity contribution in [3.05, 3.63) is 29.8 Å². The van der Waals surface area contributed by atoms with Gasteiger partial charge in [0.25, 0.3) is 0 Å². The maximum absolute atomic E-state index is 10.0. The Kier molecular flexibility index (Phi) is 2.33. The first-order chi connectivity index (χ1) is 6.85. The molecule has 1 aromatic rings. The Morgan fingerprint density at radius 3 is 2.71 bits per heavy atom. The molecule has 1 fully saturated rings. The van der Waals surface area contributed by atoms with Gasteiger partial charge in [-0.2, -0.15) is 0 Å². The van der Waals surface area contributed by atoms with Crippen molar-refractivity contribution in [2.45, 2.75) is 18.4 Å². The van der Waals surface area contributed by atoms with Crippen LogP contribution in [0, 0.1) is 0 Å². The molecule has 1 aliphatic rings. The number of benzene rings is 1. The fraction of sp³-hybridized carbons (Fsp3) is 0.364. The predicted molar refractivity (Wildman–Crippen MR) is 52.3 cm³/mol. The molecule has 0 heterocycles. The molecule has 72 valence electrons. The van der Waals surface area contributed by atoms with Crippen LogP contribution in [0.5, 0.6) is 5.75 Å². The second-order valence-corrected chi connectivity index (χ2v) is 3.40. The van der Waals surface area contributed by atoms with Crippen LogP contribution in [0.4, 0.5) is 0 Å². The lowest BCUT2D eigenvalue weighted by molar-refractivity contribution is 0.414. The molecule has 3 heteroatoms. The first-order valence-corrected chi connectivity index (χ1v) is 4.56. The molecule has 3 nitrogen and oxygen atoms in total. The summed E-state index contributed by atoms with van der Waals surface area (Å²) in [5, 5.41) is 0. The van der Waals surface area contributed by atoms with Gasteiger partial charge in [-0.05, 0) is 24.1 Å². The number of methoxy groups -OCH3 is 1. The molecule has 1 aromatic carbocycles. The quantitative estimate of drug-likeness (QED) is 0.538. The summed E-state index contributed by atoms with van der Waals surface area (Å²) in [6.45, 7) is 0. The molecule has 14 heavy (non-hydrogen) atoms. The molecule has 0 radical (unpaired) electrons. The normalized spacial score (nSPS) is 23.8. The van der Waals surface area contributed by atoms with E-state index in [1.165, 1.54) is 5.56 Å². The Morgan fingerprint density at radius 2 is 2.14 bits per heavy atom. The molecular formula is C11H11NO2. The molecule has 0 N–H and O–H groups in total. The van der Waals surface area contributed by atoms with E-state index in [2.05, 4.69) is 4.99 Å². The Balaban J connectivity index is 2.08. The highest BCUT2D eigenvalue weighted by molar-refractivity contribution is 5.39. The summed E-state index contributed by atoms with van der Waals surface area (Å²) in [7, 11) is 1.64. The summed E-state index contributed by atoms with van der Waals surface area (Å²) in [6, 6.07) is 8.04. The molecule has 0 amide bonds. The Labute approximate surface area is 82.4 Å². The van der Waals surface area contributed by atoms with E-state index in [1.54, 1.807) is 13.2 Å². The van der Waals surface area contributed by atoms with E-state index in [0.29, 0.717) is 5.92 Å². The van der Waals surface area contributed by atoms with Gasteiger partial charge in [-0.3, -0.25) is 0 Å². The number of aliphatic imine (C=N–C) groups is 1. The van der Waals surface area contributed by atoms with Crippen molar-refractivity contribution >= 4 is 6.08 Å². The molecule has 0 saturated heterocycles. The smallest absolute Gasteiger partial charge is 0.235 e.